The summed E-state index contributed by atoms with van der Waals surface area (Å²) >= 11 is 6.07. The Morgan fingerprint density at radius 3 is 2.57 bits per heavy atom. The summed E-state index contributed by atoms with van der Waals surface area (Å²) in [5.41, 5.74) is 1.22. The van der Waals surface area contributed by atoms with Crippen LogP contribution in [0.1, 0.15) is 24.8 Å². The number of alkyl halides is 3. The molecule has 1 aliphatic carbocycles. The van der Waals surface area contributed by atoms with E-state index in [2.05, 4.69) is 16.3 Å². The number of benzene rings is 1. The minimum Gasteiger partial charge on any atom is -0.475 e. The fraction of sp³-hybridized carbons (Fsp3) is 0.600. The van der Waals surface area contributed by atoms with Crippen molar-refractivity contribution in [3.8, 4) is 0 Å². The summed E-state index contributed by atoms with van der Waals surface area (Å²) in [6.07, 6.45) is -1.48. The Labute approximate surface area is 177 Å². The lowest BCUT2D eigenvalue weighted by Crippen LogP contribution is -2.45. The van der Waals surface area contributed by atoms with E-state index in [1.54, 1.807) is 0 Å². The van der Waals surface area contributed by atoms with Crippen LogP contribution in [0, 0.1) is 11.8 Å². The summed E-state index contributed by atoms with van der Waals surface area (Å²) in [5.74, 6) is -1.83. The van der Waals surface area contributed by atoms with Gasteiger partial charge in [0.1, 0.15) is 0 Å². The number of carboxylic acid groups (broad SMARTS) is 1. The van der Waals surface area contributed by atoms with Crippen molar-refractivity contribution in [2.24, 2.45) is 11.8 Å². The summed E-state index contributed by atoms with van der Waals surface area (Å²) in [6.45, 7) is 3.44. The monoisotopic (exact) mass is 448 g/mol. The largest absolute Gasteiger partial charge is 0.490 e. The van der Waals surface area contributed by atoms with Gasteiger partial charge in [-0.2, -0.15) is 13.2 Å². The Bertz CT molecular complexity index is 773. The number of fused-ring (bicyclic) bond motifs is 2. The van der Waals surface area contributed by atoms with Gasteiger partial charge >= 0.3 is 12.1 Å². The van der Waals surface area contributed by atoms with Gasteiger partial charge in [-0.25, -0.2) is 4.79 Å². The molecule has 0 aromatic heterocycles. The number of morpholine rings is 1. The SMILES string of the molecule is O=C(NCC1CC1)C1CC2CN(Cc3cccc(Cl)c3)CC1O2.O=C(O)C(F)(F)F. The Kier molecular flexibility index (Phi) is 7.26. The second kappa shape index (κ2) is 9.53. The van der Waals surface area contributed by atoms with Gasteiger partial charge in [0.05, 0.1) is 18.1 Å². The zero-order chi connectivity index (χ0) is 21.9. The predicted molar refractivity (Wildman–Crippen MR) is 103 cm³/mol. The van der Waals surface area contributed by atoms with Gasteiger partial charge in [-0.15, -0.1) is 0 Å². The highest BCUT2D eigenvalue weighted by Gasteiger charge is 2.44. The van der Waals surface area contributed by atoms with E-state index in [-0.39, 0.29) is 24.0 Å². The molecule has 10 heteroatoms. The van der Waals surface area contributed by atoms with Crippen molar-refractivity contribution in [3.63, 3.8) is 0 Å². The Morgan fingerprint density at radius 1 is 1.27 bits per heavy atom. The number of hydrogen-bond donors (Lipinski definition) is 2. The van der Waals surface area contributed by atoms with Gasteiger partial charge in [0.15, 0.2) is 0 Å². The zero-order valence-corrected chi connectivity index (χ0v) is 17.0. The molecule has 3 unspecified atom stereocenters. The highest BCUT2D eigenvalue weighted by atomic mass is 35.5. The van der Waals surface area contributed by atoms with Crippen molar-refractivity contribution in [2.45, 2.75) is 44.2 Å². The quantitative estimate of drug-likeness (QED) is 0.723. The molecule has 30 heavy (non-hydrogen) atoms. The maximum Gasteiger partial charge on any atom is 0.490 e. The first kappa shape index (κ1) is 22.8. The van der Waals surface area contributed by atoms with Crippen LogP contribution in [0.5, 0.6) is 0 Å². The molecule has 2 heterocycles. The molecular weight excluding hydrogens is 425 g/mol. The van der Waals surface area contributed by atoms with E-state index in [1.807, 2.05) is 18.2 Å². The lowest BCUT2D eigenvalue weighted by atomic mass is 9.99. The van der Waals surface area contributed by atoms with Gasteiger partial charge in [-0.05, 0) is 42.9 Å². The first-order valence-electron chi connectivity index (χ1n) is 9.82. The second-order valence-corrected chi connectivity index (χ2v) is 8.39. The average molecular weight is 449 g/mol. The fourth-order valence-electron chi connectivity index (χ4n) is 3.73. The van der Waals surface area contributed by atoms with Crippen LogP contribution in [-0.2, 0) is 20.9 Å². The van der Waals surface area contributed by atoms with Crippen LogP contribution < -0.4 is 5.32 Å². The number of ether oxygens (including phenoxy) is 1. The number of amides is 1. The smallest absolute Gasteiger partial charge is 0.475 e. The molecule has 1 aromatic rings. The number of carboxylic acids is 1. The van der Waals surface area contributed by atoms with Crippen molar-refractivity contribution >= 4 is 23.5 Å². The molecular formula is C20H24ClF3N2O4. The fourth-order valence-corrected chi connectivity index (χ4v) is 3.95. The number of carbonyl (C=O) groups is 2. The summed E-state index contributed by atoms with van der Waals surface area (Å²) < 4.78 is 37.8. The molecule has 2 aliphatic heterocycles. The number of likely N-dealkylation sites (tertiary alicyclic amines) is 1. The lowest BCUT2D eigenvalue weighted by Gasteiger charge is -2.32. The van der Waals surface area contributed by atoms with E-state index in [1.165, 1.54) is 18.4 Å². The second-order valence-electron chi connectivity index (χ2n) is 7.95. The van der Waals surface area contributed by atoms with Crippen molar-refractivity contribution in [3.05, 3.63) is 34.9 Å². The van der Waals surface area contributed by atoms with E-state index in [0.29, 0.717) is 0 Å². The zero-order valence-electron chi connectivity index (χ0n) is 16.2. The molecule has 166 valence electrons. The molecule has 3 aliphatic rings. The molecule has 3 fully saturated rings. The highest BCUT2D eigenvalue weighted by molar-refractivity contribution is 6.30. The number of nitrogens with one attached hydrogen (secondary N) is 1. The molecule has 2 saturated heterocycles. The standard InChI is InChI=1S/C18H23ClN2O2.C2HF3O2/c19-14-3-1-2-13(6-14)9-21-10-15-7-16(17(11-21)23-15)18(22)20-8-12-4-5-12;3-2(4,5)1(6)7/h1-3,6,12,15-17H,4-5,7-11H2,(H,20,22);(H,6,7). The summed E-state index contributed by atoms with van der Waals surface area (Å²) in [5, 5.41) is 11.0. The van der Waals surface area contributed by atoms with Crippen LogP contribution in [0.4, 0.5) is 13.2 Å². The van der Waals surface area contributed by atoms with Crippen molar-refractivity contribution in [1.29, 1.82) is 0 Å². The number of nitrogens with zero attached hydrogens (tertiary/aromatic N) is 1. The Morgan fingerprint density at radius 2 is 1.97 bits per heavy atom. The highest BCUT2D eigenvalue weighted by Crippen LogP contribution is 2.33. The van der Waals surface area contributed by atoms with E-state index in [4.69, 9.17) is 26.2 Å². The van der Waals surface area contributed by atoms with E-state index in [0.717, 1.165) is 43.5 Å². The maximum atomic E-state index is 12.4. The van der Waals surface area contributed by atoms with Gasteiger partial charge in [-0.3, -0.25) is 9.69 Å². The average Bonchev–Trinajstić information content (AvgIpc) is 3.43. The third kappa shape index (κ3) is 6.58. The minimum atomic E-state index is -5.08. The Hall–Kier alpha value is -1.84. The molecule has 3 atom stereocenters. The molecule has 4 rings (SSSR count). The van der Waals surface area contributed by atoms with E-state index < -0.39 is 12.1 Å². The Balaban J connectivity index is 0.000000318. The topological polar surface area (TPSA) is 78.9 Å². The van der Waals surface area contributed by atoms with Crippen molar-refractivity contribution < 1.29 is 32.6 Å². The van der Waals surface area contributed by atoms with Crippen LogP contribution in [0.15, 0.2) is 24.3 Å². The first-order valence-corrected chi connectivity index (χ1v) is 10.2. The summed E-state index contributed by atoms with van der Waals surface area (Å²) in [4.78, 5) is 23.7. The number of halogens is 4. The normalized spacial score (nSPS) is 25.9. The maximum absolute atomic E-state index is 12.4. The molecule has 2 bridgehead atoms. The number of carbonyl (C=O) groups excluding carboxylic acids is 1. The van der Waals surface area contributed by atoms with Crippen LogP contribution in [0.25, 0.3) is 0 Å². The van der Waals surface area contributed by atoms with Crippen LogP contribution >= 0.6 is 11.6 Å². The van der Waals surface area contributed by atoms with E-state index >= 15 is 0 Å². The number of rotatable bonds is 5. The van der Waals surface area contributed by atoms with Gasteiger partial charge in [0.2, 0.25) is 5.91 Å². The van der Waals surface area contributed by atoms with Crippen LogP contribution in [-0.4, -0.2) is 59.9 Å². The summed E-state index contributed by atoms with van der Waals surface area (Å²) in [7, 11) is 0. The molecule has 2 N–H and O–H groups in total. The summed E-state index contributed by atoms with van der Waals surface area (Å²) in [6, 6.07) is 8.00. The van der Waals surface area contributed by atoms with Crippen molar-refractivity contribution in [2.75, 3.05) is 19.6 Å². The first-order chi connectivity index (χ1) is 14.1. The molecule has 0 radical (unpaired) electrons. The van der Waals surface area contributed by atoms with Crippen LogP contribution in [0.2, 0.25) is 5.02 Å². The number of aliphatic carboxylic acids is 1. The van der Waals surface area contributed by atoms with Gasteiger partial charge < -0.3 is 15.2 Å². The predicted octanol–water partition coefficient (Wildman–Crippen LogP) is 3.09. The van der Waals surface area contributed by atoms with Gasteiger partial charge in [0, 0.05) is 31.2 Å². The van der Waals surface area contributed by atoms with Crippen molar-refractivity contribution in [1.82, 2.24) is 10.2 Å². The third-order valence-corrected chi connectivity index (χ3v) is 5.60. The van der Waals surface area contributed by atoms with Crippen LogP contribution in [0.3, 0.4) is 0 Å². The van der Waals surface area contributed by atoms with Gasteiger partial charge in [0.25, 0.3) is 0 Å². The molecule has 1 saturated carbocycles. The lowest BCUT2D eigenvalue weighted by molar-refractivity contribution is -0.192. The van der Waals surface area contributed by atoms with E-state index in [9.17, 15) is 18.0 Å². The third-order valence-electron chi connectivity index (χ3n) is 5.37. The molecule has 1 amide bonds. The van der Waals surface area contributed by atoms with Gasteiger partial charge in [-0.1, -0.05) is 23.7 Å². The molecule has 1 aromatic carbocycles. The minimum absolute atomic E-state index is 0.0168. The number of hydrogen-bond acceptors (Lipinski definition) is 4. The molecule has 0 spiro atoms. The molecule has 6 nitrogen and oxygen atoms in total.